The van der Waals surface area contributed by atoms with Gasteiger partial charge in [0.25, 0.3) is 0 Å². The van der Waals surface area contributed by atoms with Crippen LogP contribution in [0.2, 0.25) is 0 Å². The fraction of sp³-hybridized carbons (Fsp3) is 0.273. The number of rotatable bonds is 3. The molecule has 0 radical (unpaired) electrons. The van der Waals surface area contributed by atoms with Gasteiger partial charge in [-0.15, -0.1) is 22.9 Å². The average molecular weight is 318 g/mol. The van der Waals surface area contributed by atoms with Crippen LogP contribution in [-0.4, -0.2) is 15.8 Å². The molecule has 0 unspecified atom stereocenters. The lowest BCUT2D eigenvalue weighted by Crippen LogP contribution is -1.99. The topological polar surface area (TPSA) is 25.8 Å². The first-order chi connectivity index (χ1) is 7.69. The molecular weight excluding hydrogens is 308 g/mol. The van der Waals surface area contributed by atoms with Gasteiger partial charge in [0.05, 0.1) is 10.6 Å². The van der Waals surface area contributed by atoms with Crippen LogP contribution in [0.5, 0.6) is 0 Å². The molecule has 5 heteroatoms. The fourth-order valence-corrected chi connectivity index (χ4v) is 2.96. The van der Waals surface area contributed by atoms with Gasteiger partial charge < -0.3 is 0 Å². The first-order valence-corrected chi connectivity index (χ1v) is 7.04. The van der Waals surface area contributed by atoms with Gasteiger partial charge in [0.1, 0.15) is 5.82 Å². The Bertz CT molecular complexity index is 498. The maximum Gasteiger partial charge on any atom is 0.130 e. The lowest BCUT2D eigenvalue weighted by Gasteiger charge is -2.02. The molecule has 84 valence electrons. The monoisotopic (exact) mass is 316 g/mol. The summed E-state index contributed by atoms with van der Waals surface area (Å²) in [4.78, 5) is 10.0. The third-order valence-electron chi connectivity index (χ3n) is 2.04. The molecule has 0 bridgehead atoms. The predicted octanol–water partition coefficient (Wildman–Crippen LogP) is 4.06. The van der Waals surface area contributed by atoms with Crippen molar-refractivity contribution in [2.45, 2.75) is 13.3 Å². The van der Waals surface area contributed by atoms with Gasteiger partial charge in [-0.3, -0.25) is 0 Å². The lowest BCUT2D eigenvalue weighted by atomic mass is 10.3. The minimum Gasteiger partial charge on any atom is -0.238 e. The van der Waals surface area contributed by atoms with E-state index in [9.17, 15) is 0 Å². The van der Waals surface area contributed by atoms with E-state index in [1.165, 1.54) is 0 Å². The molecule has 0 N–H and O–H groups in total. The molecule has 0 aliphatic rings. The quantitative estimate of drug-likeness (QED) is 0.798. The van der Waals surface area contributed by atoms with Crippen molar-refractivity contribution in [3.8, 4) is 10.6 Å². The standard InChI is InChI=1S/C11H10BrClN2S/c1-7-4-9(10-5-8(12)6-16-10)15-11(14-7)2-3-13/h4-6H,2-3H2,1H3. The molecular formula is C11H10BrClN2S. The van der Waals surface area contributed by atoms with Crippen molar-refractivity contribution in [1.82, 2.24) is 9.97 Å². The number of aryl methyl sites for hydroxylation is 2. The third kappa shape index (κ3) is 2.81. The molecule has 2 heterocycles. The van der Waals surface area contributed by atoms with Crippen molar-refractivity contribution in [2.75, 3.05) is 5.88 Å². The summed E-state index contributed by atoms with van der Waals surface area (Å²) >= 11 is 10.8. The predicted molar refractivity (Wildman–Crippen MR) is 72.2 cm³/mol. The van der Waals surface area contributed by atoms with Gasteiger partial charge in [-0.1, -0.05) is 0 Å². The van der Waals surface area contributed by atoms with Gasteiger partial charge in [0, 0.05) is 27.8 Å². The van der Waals surface area contributed by atoms with E-state index in [0.717, 1.165) is 26.6 Å². The molecule has 0 spiro atoms. The highest BCUT2D eigenvalue weighted by Gasteiger charge is 2.06. The summed E-state index contributed by atoms with van der Waals surface area (Å²) in [6, 6.07) is 4.06. The van der Waals surface area contributed by atoms with Crippen molar-refractivity contribution in [1.29, 1.82) is 0 Å². The van der Waals surface area contributed by atoms with E-state index in [4.69, 9.17) is 11.6 Å². The first-order valence-electron chi connectivity index (χ1n) is 4.84. The summed E-state index contributed by atoms with van der Waals surface area (Å²) in [6.45, 7) is 1.98. The van der Waals surface area contributed by atoms with E-state index < -0.39 is 0 Å². The maximum absolute atomic E-state index is 5.71. The molecule has 0 atom stereocenters. The molecule has 2 nitrogen and oxygen atoms in total. The van der Waals surface area contributed by atoms with E-state index >= 15 is 0 Å². The Morgan fingerprint density at radius 2 is 2.19 bits per heavy atom. The number of alkyl halides is 1. The van der Waals surface area contributed by atoms with Gasteiger partial charge in [0.2, 0.25) is 0 Å². The molecule has 16 heavy (non-hydrogen) atoms. The minimum atomic E-state index is 0.553. The zero-order chi connectivity index (χ0) is 11.5. The summed E-state index contributed by atoms with van der Waals surface area (Å²) in [5.41, 5.74) is 1.96. The molecule has 0 aliphatic carbocycles. The number of hydrogen-bond acceptors (Lipinski definition) is 3. The highest BCUT2D eigenvalue weighted by atomic mass is 79.9. The van der Waals surface area contributed by atoms with Gasteiger partial charge in [-0.25, -0.2) is 9.97 Å². The van der Waals surface area contributed by atoms with E-state index in [1.807, 2.05) is 18.4 Å². The van der Waals surface area contributed by atoms with Crippen molar-refractivity contribution >= 4 is 38.9 Å². The SMILES string of the molecule is Cc1cc(-c2cc(Br)cs2)nc(CCCl)n1. The second-order valence-electron chi connectivity index (χ2n) is 3.38. The van der Waals surface area contributed by atoms with Crippen LogP contribution in [0, 0.1) is 6.92 Å². The number of aromatic nitrogens is 2. The maximum atomic E-state index is 5.71. The number of hydrogen-bond donors (Lipinski definition) is 0. The van der Waals surface area contributed by atoms with Crippen molar-refractivity contribution in [3.05, 3.63) is 33.5 Å². The van der Waals surface area contributed by atoms with Crippen LogP contribution < -0.4 is 0 Å². The molecule has 0 fully saturated rings. The normalized spacial score (nSPS) is 10.7. The van der Waals surface area contributed by atoms with E-state index in [2.05, 4.69) is 32.0 Å². The molecule has 2 aromatic heterocycles. The molecule has 2 rings (SSSR count). The highest BCUT2D eigenvalue weighted by Crippen LogP contribution is 2.28. The van der Waals surface area contributed by atoms with Crippen LogP contribution >= 0.6 is 38.9 Å². The van der Waals surface area contributed by atoms with E-state index in [1.54, 1.807) is 11.3 Å². The first kappa shape index (κ1) is 12.0. The number of nitrogens with zero attached hydrogens (tertiary/aromatic N) is 2. The van der Waals surface area contributed by atoms with Crippen LogP contribution in [0.15, 0.2) is 22.0 Å². The Kier molecular flexibility index (Phi) is 3.95. The molecule has 2 aromatic rings. The third-order valence-corrected chi connectivity index (χ3v) is 3.94. The number of halogens is 2. The second kappa shape index (κ2) is 5.25. The van der Waals surface area contributed by atoms with Gasteiger partial charge in [-0.2, -0.15) is 0 Å². The molecule has 0 saturated carbocycles. The van der Waals surface area contributed by atoms with Crippen LogP contribution in [-0.2, 0) is 6.42 Å². The Labute approximate surface area is 112 Å². The van der Waals surface area contributed by atoms with Crippen LogP contribution in [0.25, 0.3) is 10.6 Å². The van der Waals surface area contributed by atoms with Crippen molar-refractivity contribution in [2.24, 2.45) is 0 Å². The van der Waals surface area contributed by atoms with Gasteiger partial charge >= 0.3 is 0 Å². The summed E-state index contributed by atoms with van der Waals surface area (Å²) in [7, 11) is 0. The smallest absolute Gasteiger partial charge is 0.130 e. The highest BCUT2D eigenvalue weighted by molar-refractivity contribution is 9.10. The van der Waals surface area contributed by atoms with Gasteiger partial charge in [0.15, 0.2) is 0 Å². The summed E-state index contributed by atoms with van der Waals surface area (Å²) in [6.07, 6.45) is 0.711. The molecule has 0 amide bonds. The Balaban J connectivity index is 2.40. The zero-order valence-electron chi connectivity index (χ0n) is 8.70. The van der Waals surface area contributed by atoms with Crippen LogP contribution in [0.4, 0.5) is 0 Å². The van der Waals surface area contributed by atoms with E-state index in [-0.39, 0.29) is 0 Å². The van der Waals surface area contributed by atoms with Crippen molar-refractivity contribution in [3.63, 3.8) is 0 Å². The molecule has 0 saturated heterocycles. The largest absolute Gasteiger partial charge is 0.238 e. The van der Waals surface area contributed by atoms with E-state index in [0.29, 0.717) is 12.3 Å². The molecule has 0 aliphatic heterocycles. The zero-order valence-corrected chi connectivity index (χ0v) is 11.9. The summed E-state index contributed by atoms with van der Waals surface area (Å²) in [5, 5.41) is 2.05. The minimum absolute atomic E-state index is 0.553. The second-order valence-corrected chi connectivity index (χ2v) is 5.58. The van der Waals surface area contributed by atoms with Crippen molar-refractivity contribution < 1.29 is 0 Å². The lowest BCUT2D eigenvalue weighted by molar-refractivity contribution is 0.927. The summed E-state index contributed by atoms with van der Waals surface area (Å²) in [5.74, 6) is 1.37. The van der Waals surface area contributed by atoms with Crippen LogP contribution in [0.3, 0.4) is 0 Å². The van der Waals surface area contributed by atoms with Gasteiger partial charge in [-0.05, 0) is 35.0 Å². The fourth-order valence-electron chi connectivity index (χ4n) is 1.40. The Hall–Kier alpha value is -0.450. The Morgan fingerprint density at radius 1 is 1.38 bits per heavy atom. The molecule has 0 aromatic carbocycles. The summed E-state index contributed by atoms with van der Waals surface area (Å²) < 4.78 is 1.09. The average Bonchev–Trinajstić information content (AvgIpc) is 2.64. The number of thiophene rings is 1. The van der Waals surface area contributed by atoms with Crippen LogP contribution in [0.1, 0.15) is 11.5 Å². The Morgan fingerprint density at radius 3 is 2.81 bits per heavy atom.